The number of methoxy groups -OCH3 is 2. The molecule has 0 amide bonds. The van der Waals surface area contributed by atoms with Crippen molar-refractivity contribution in [3.63, 3.8) is 0 Å². The molecule has 0 aromatic heterocycles. The first-order valence-electron chi connectivity index (χ1n) is 19.6. The lowest BCUT2D eigenvalue weighted by molar-refractivity contribution is 0.414. The standard InChI is InChI=1S/C56H44O2/c1-57-53-33-31-41(51(37-53)39-55(43-17-7-3-8-18-43)44-19-9-4-10-20-44)27-29-49-35-47-25-15-16-26-48(47)36-50(49)30-28-42-32-34-54(58-2)38-52(42)40-56(45-21-11-5-12-22-45)46-23-13-6-14-24-46/h3-40H,1-2H3. The summed E-state index contributed by atoms with van der Waals surface area (Å²) in [6, 6.07) is 67.9. The van der Waals surface area contributed by atoms with Crippen LogP contribution >= 0.6 is 0 Å². The lowest BCUT2D eigenvalue weighted by Gasteiger charge is -2.12. The van der Waals surface area contributed by atoms with Crippen LogP contribution in [0.2, 0.25) is 0 Å². The van der Waals surface area contributed by atoms with Gasteiger partial charge in [-0.15, -0.1) is 0 Å². The van der Waals surface area contributed by atoms with E-state index in [1.54, 1.807) is 14.2 Å². The Bertz CT molecular complexity index is 2480. The molecule has 0 spiro atoms. The average molecular weight is 749 g/mol. The maximum atomic E-state index is 5.73. The van der Waals surface area contributed by atoms with E-state index in [2.05, 4.69) is 218 Å². The second-order valence-corrected chi connectivity index (χ2v) is 14.1. The first-order valence-corrected chi connectivity index (χ1v) is 19.6. The van der Waals surface area contributed by atoms with Gasteiger partial charge in [0, 0.05) is 0 Å². The summed E-state index contributed by atoms with van der Waals surface area (Å²) >= 11 is 0. The third-order valence-corrected chi connectivity index (χ3v) is 10.4. The first kappa shape index (κ1) is 37.5. The number of rotatable bonds is 12. The highest BCUT2D eigenvalue weighted by Crippen LogP contribution is 2.33. The van der Waals surface area contributed by atoms with E-state index >= 15 is 0 Å². The average Bonchev–Trinajstić information content (AvgIpc) is 3.29. The molecule has 0 saturated heterocycles. The maximum absolute atomic E-state index is 5.73. The van der Waals surface area contributed by atoms with Crippen LogP contribution in [0.15, 0.2) is 194 Å². The van der Waals surface area contributed by atoms with Crippen molar-refractivity contribution in [2.75, 3.05) is 14.2 Å². The maximum Gasteiger partial charge on any atom is 0.119 e. The van der Waals surface area contributed by atoms with Gasteiger partial charge < -0.3 is 9.47 Å². The summed E-state index contributed by atoms with van der Waals surface area (Å²) in [4.78, 5) is 0. The number of hydrogen-bond donors (Lipinski definition) is 0. The van der Waals surface area contributed by atoms with Crippen LogP contribution in [0, 0.1) is 0 Å². The predicted molar refractivity (Wildman–Crippen MR) is 248 cm³/mol. The fourth-order valence-electron chi connectivity index (χ4n) is 7.29. The minimum Gasteiger partial charge on any atom is -0.497 e. The van der Waals surface area contributed by atoms with E-state index in [9.17, 15) is 0 Å². The van der Waals surface area contributed by atoms with E-state index in [0.29, 0.717) is 0 Å². The second-order valence-electron chi connectivity index (χ2n) is 14.1. The highest BCUT2D eigenvalue weighted by Gasteiger charge is 2.11. The number of benzene rings is 8. The third-order valence-electron chi connectivity index (χ3n) is 10.4. The van der Waals surface area contributed by atoms with Gasteiger partial charge in [-0.25, -0.2) is 0 Å². The van der Waals surface area contributed by atoms with E-state index in [1.807, 2.05) is 12.1 Å². The Morgan fingerprint density at radius 1 is 0.310 bits per heavy atom. The monoisotopic (exact) mass is 748 g/mol. The van der Waals surface area contributed by atoms with Gasteiger partial charge in [-0.2, -0.15) is 0 Å². The minimum atomic E-state index is 0.810. The molecule has 2 nitrogen and oxygen atoms in total. The van der Waals surface area contributed by atoms with Crippen LogP contribution < -0.4 is 9.47 Å². The molecular formula is C56H44O2. The van der Waals surface area contributed by atoms with Crippen molar-refractivity contribution in [3.05, 3.63) is 250 Å². The molecule has 0 aliphatic rings. The Morgan fingerprint density at radius 3 is 0.948 bits per heavy atom. The summed E-state index contributed by atoms with van der Waals surface area (Å²) in [5.74, 6) is 1.62. The molecular weight excluding hydrogens is 705 g/mol. The quantitative estimate of drug-likeness (QED) is 0.116. The summed E-state index contributed by atoms with van der Waals surface area (Å²) in [7, 11) is 3.44. The van der Waals surface area contributed by atoms with Gasteiger partial charge in [0.15, 0.2) is 0 Å². The summed E-state index contributed by atoms with van der Waals surface area (Å²) in [6.07, 6.45) is 13.4. The minimum absolute atomic E-state index is 0.810. The van der Waals surface area contributed by atoms with Crippen LogP contribution in [0.5, 0.6) is 11.5 Å². The molecule has 0 aliphatic carbocycles. The van der Waals surface area contributed by atoms with Crippen LogP contribution in [0.3, 0.4) is 0 Å². The summed E-state index contributed by atoms with van der Waals surface area (Å²) < 4.78 is 11.5. The van der Waals surface area contributed by atoms with Crippen molar-refractivity contribution in [3.8, 4) is 11.5 Å². The zero-order valence-electron chi connectivity index (χ0n) is 32.8. The van der Waals surface area contributed by atoms with Crippen molar-refractivity contribution in [2.45, 2.75) is 0 Å². The van der Waals surface area contributed by atoms with Crippen molar-refractivity contribution in [1.82, 2.24) is 0 Å². The smallest absolute Gasteiger partial charge is 0.119 e. The van der Waals surface area contributed by atoms with Crippen molar-refractivity contribution >= 4 is 58.4 Å². The van der Waals surface area contributed by atoms with Crippen LogP contribution in [0.25, 0.3) is 58.4 Å². The Labute approximate surface area is 342 Å². The molecule has 0 aliphatic heterocycles. The molecule has 0 radical (unpaired) electrons. The van der Waals surface area contributed by atoms with Crippen molar-refractivity contribution < 1.29 is 9.47 Å². The van der Waals surface area contributed by atoms with Gasteiger partial charge in [0.05, 0.1) is 14.2 Å². The molecule has 0 bridgehead atoms. The Balaban J connectivity index is 1.22. The molecule has 0 unspecified atom stereocenters. The molecule has 0 saturated carbocycles. The van der Waals surface area contributed by atoms with Gasteiger partial charge in [0.2, 0.25) is 0 Å². The van der Waals surface area contributed by atoms with Crippen molar-refractivity contribution in [2.24, 2.45) is 0 Å². The van der Waals surface area contributed by atoms with E-state index in [-0.39, 0.29) is 0 Å². The highest BCUT2D eigenvalue weighted by molar-refractivity contribution is 5.97. The van der Waals surface area contributed by atoms with E-state index < -0.39 is 0 Å². The van der Waals surface area contributed by atoms with Crippen LogP contribution in [0.1, 0.15) is 55.6 Å². The topological polar surface area (TPSA) is 18.5 Å². The normalized spacial score (nSPS) is 11.1. The molecule has 0 N–H and O–H groups in total. The molecule has 8 rings (SSSR count). The van der Waals surface area contributed by atoms with Crippen LogP contribution in [-0.2, 0) is 0 Å². The predicted octanol–water partition coefficient (Wildman–Crippen LogP) is 14.4. The van der Waals surface area contributed by atoms with E-state index in [0.717, 1.165) is 78.3 Å². The van der Waals surface area contributed by atoms with Gasteiger partial charge in [-0.3, -0.25) is 0 Å². The highest BCUT2D eigenvalue weighted by atomic mass is 16.5. The fourth-order valence-corrected chi connectivity index (χ4v) is 7.29. The van der Waals surface area contributed by atoms with Gasteiger partial charge in [0.25, 0.3) is 0 Å². The van der Waals surface area contributed by atoms with E-state index in [1.165, 1.54) is 10.8 Å². The van der Waals surface area contributed by atoms with Crippen LogP contribution in [-0.4, -0.2) is 14.2 Å². The zero-order valence-corrected chi connectivity index (χ0v) is 32.8. The summed E-state index contributed by atoms with van der Waals surface area (Å²) in [5.41, 5.74) is 13.4. The van der Waals surface area contributed by atoms with Crippen molar-refractivity contribution in [1.29, 1.82) is 0 Å². The Hall–Kier alpha value is -7.42. The Morgan fingerprint density at radius 2 is 0.621 bits per heavy atom. The zero-order chi connectivity index (χ0) is 39.5. The molecule has 0 heterocycles. The first-order chi connectivity index (χ1) is 28.6. The molecule has 8 aromatic rings. The van der Waals surface area contributed by atoms with Gasteiger partial charge in [-0.1, -0.05) is 182 Å². The molecule has 2 heteroatoms. The molecule has 8 aromatic carbocycles. The van der Waals surface area contributed by atoms with Crippen LogP contribution in [0.4, 0.5) is 0 Å². The molecule has 0 atom stereocenters. The number of ether oxygens (including phenoxy) is 2. The lowest BCUT2D eigenvalue weighted by Crippen LogP contribution is -1.91. The van der Waals surface area contributed by atoms with E-state index in [4.69, 9.17) is 9.47 Å². The SMILES string of the molecule is COc1ccc(C=Cc2cc3ccccc3cc2C=Cc2ccc(OC)cc2C=C(c2ccccc2)c2ccccc2)c(C=C(c2ccccc2)c2ccccc2)c1. The van der Waals surface area contributed by atoms with Gasteiger partial charge in [-0.05, 0) is 126 Å². The lowest BCUT2D eigenvalue weighted by atomic mass is 9.93. The summed E-state index contributed by atoms with van der Waals surface area (Å²) in [6.45, 7) is 0. The Kier molecular flexibility index (Phi) is 11.7. The van der Waals surface area contributed by atoms with Gasteiger partial charge in [0.1, 0.15) is 11.5 Å². The number of hydrogen-bond acceptors (Lipinski definition) is 2. The molecule has 58 heavy (non-hydrogen) atoms. The number of fused-ring (bicyclic) bond motifs is 1. The molecule has 0 fully saturated rings. The summed E-state index contributed by atoms with van der Waals surface area (Å²) in [5, 5.41) is 2.38. The molecule has 280 valence electrons. The largest absolute Gasteiger partial charge is 0.497 e. The third kappa shape index (κ3) is 8.83. The van der Waals surface area contributed by atoms with Gasteiger partial charge >= 0.3 is 0 Å². The second kappa shape index (κ2) is 18.0. The fraction of sp³-hybridized carbons (Fsp3) is 0.0357.